The van der Waals surface area contributed by atoms with Gasteiger partial charge in [0.15, 0.2) is 18.7 Å². The molecule has 2 aromatic carbocycles. The van der Waals surface area contributed by atoms with Crippen molar-refractivity contribution in [3.8, 4) is 0 Å². The first kappa shape index (κ1) is 113. The quantitative estimate of drug-likeness (QED) is 0.0167. The maximum absolute atomic E-state index is 12.1. The summed E-state index contributed by atoms with van der Waals surface area (Å²) in [7, 11) is 10.6. The third-order valence-electron chi connectivity index (χ3n) is 18.1. The number of carbonyl (C=O) groups excluding carboxylic acids is 3. The topological polar surface area (TPSA) is 231 Å². The summed E-state index contributed by atoms with van der Waals surface area (Å²) >= 11 is 87.9. The molecule has 0 aliphatic rings. The van der Waals surface area contributed by atoms with E-state index in [4.69, 9.17) is 199 Å². The number of quaternary nitrogens is 1. The van der Waals surface area contributed by atoms with Gasteiger partial charge in [-0.05, 0) is 179 Å². The van der Waals surface area contributed by atoms with Gasteiger partial charge in [0.1, 0.15) is 22.0 Å². The van der Waals surface area contributed by atoms with Crippen LogP contribution in [0, 0.1) is 34.6 Å². The molecule has 14 aromatic rings. The SMILES string of the molecule is CC(C(=O)O)[n+]1cc(Cl)cc(Cl)c1.CC(Cl)C(=O)O.CCCC(CC(=O)OCC)n1c(=O)[nH]c2ccccc21.CCOC(=O)c1cc(C)n2cc(Cl)cc(Cl)c12.Cc1cc(C=O)c2c(Cl)cc(Cl)cn12.Cc1cc(CN(C)C)c2c(Cl)cc(Cl)cn12.Cc1cc(CO)c2c(Cl)cc(Cl)cn12.Cc1cc(C[N+](C)(C)C)c2c(Cl)cc(Cl)cn12.Clc1cccc(Cl)c1.[Cl-].[I-]. The monoisotopic (exact) mass is 2170 g/mol. The number of aryl methyl sites for hydroxylation is 5. The van der Waals surface area contributed by atoms with E-state index in [0.29, 0.717) is 106 Å². The minimum atomic E-state index is -0.975. The van der Waals surface area contributed by atoms with E-state index in [1.807, 2.05) is 104 Å². The number of para-hydroxylation sites is 2. The fraction of sp³-hybridized carbons (Fsp3) is 0.292. The summed E-state index contributed by atoms with van der Waals surface area (Å²) in [6.45, 7) is 20.9. The summed E-state index contributed by atoms with van der Waals surface area (Å²) in [5.41, 5.74) is 15.2. The number of pyridine rings is 6. The average molecular weight is 2170 g/mol. The molecule has 12 heterocycles. The van der Waals surface area contributed by atoms with Crippen LogP contribution in [0.25, 0.3) is 38.6 Å². The molecule has 127 heavy (non-hydrogen) atoms. The smallest absolute Gasteiger partial charge is 0.373 e. The zero-order valence-corrected chi connectivity index (χ0v) is 85.8. The van der Waals surface area contributed by atoms with Crippen molar-refractivity contribution in [3.05, 3.63) is 296 Å². The van der Waals surface area contributed by atoms with Crippen LogP contribution in [0.2, 0.25) is 70.3 Å². The molecule has 0 saturated carbocycles. The van der Waals surface area contributed by atoms with E-state index in [9.17, 15) is 28.8 Å². The fourth-order valence-electron chi connectivity index (χ4n) is 12.9. The molecule has 14 rings (SSSR count). The Morgan fingerprint density at radius 3 is 1.32 bits per heavy atom. The minimum absolute atomic E-state index is 0. The molecule has 3 atom stereocenters. The molecule has 12 aromatic heterocycles. The van der Waals surface area contributed by atoms with Gasteiger partial charge in [-0.15, -0.1) is 11.6 Å². The van der Waals surface area contributed by atoms with Crippen LogP contribution in [0.15, 0.2) is 163 Å². The number of rotatable bonds is 17. The number of carbonyl (C=O) groups is 5. The summed E-state index contributed by atoms with van der Waals surface area (Å²) < 4.78 is 23.6. The third-order valence-corrected chi connectivity index (χ3v) is 21.7. The van der Waals surface area contributed by atoms with Gasteiger partial charge in [0, 0.05) is 106 Å². The summed E-state index contributed by atoms with van der Waals surface area (Å²) in [5.74, 6) is -2.54. The number of aliphatic carboxylic acids is 2. The number of aliphatic hydroxyl groups is 1. The molecule has 0 fully saturated rings. The van der Waals surface area contributed by atoms with Gasteiger partial charge < -0.3 is 97.5 Å². The predicted octanol–water partition coefficient (Wildman–Crippen LogP) is 19.8. The lowest BCUT2D eigenvalue weighted by Crippen LogP contribution is -3.00. The Morgan fingerprint density at radius 1 is 0.520 bits per heavy atom. The Kier molecular flexibility index (Phi) is 46.7. The van der Waals surface area contributed by atoms with Crippen LogP contribution in [0.5, 0.6) is 0 Å². The van der Waals surface area contributed by atoms with Crippen LogP contribution >= 0.6 is 174 Å². The number of fused-ring (bicyclic) bond motifs is 6. The Labute approximate surface area is 835 Å². The highest BCUT2D eigenvalue weighted by Gasteiger charge is 2.25. The number of hydrogen-bond donors (Lipinski definition) is 4. The second kappa shape index (κ2) is 52.6. The van der Waals surface area contributed by atoms with Crippen molar-refractivity contribution in [3.63, 3.8) is 0 Å². The fourth-order valence-corrected chi connectivity index (χ4v) is 16.8. The number of halogens is 17. The number of ether oxygens (including phenoxy) is 2. The number of aliphatic hydroxyl groups excluding tert-OH is 1. The molecule has 3 unspecified atom stereocenters. The second-order valence-electron chi connectivity index (χ2n) is 29.5. The lowest BCUT2D eigenvalue weighted by Gasteiger charge is -2.23. The number of esters is 2. The van der Waals surface area contributed by atoms with E-state index < -0.39 is 23.4 Å². The molecule has 0 bridgehead atoms. The van der Waals surface area contributed by atoms with Crippen LogP contribution in [0.3, 0.4) is 0 Å². The molecule has 0 amide bonds. The van der Waals surface area contributed by atoms with E-state index in [2.05, 4.69) is 61.4 Å². The van der Waals surface area contributed by atoms with Gasteiger partial charge in [0.25, 0.3) is 6.04 Å². The number of H-pyrrole nitrogens is 1. The van der Waals surface area contributed by atoms with Crippen molar-refractivity contribution in [2.24, 2.45) is 0 Å². The van der Waals surface area contributed by atoms with Gasteiger partial charge >= 0.3 is 29.6 Å². The van der Waals surface area contributed by atoms with Crippen molar-refractivity contribution >= 4 is 243 Å². The largest absolute Gasteiger partial charge is 1.00 e. The van der Waals surface area contributed by atoms with Gasteiger partial charge in [-0.3, -0.25) is 19.0 Å². The zero-order chi connectivity index (χ0) is 93.5. The highest BCUT2D eigenvalue weighted by atomic mass is 127. The maximum atomic E-state index is 12.1. The summed E-state index contributed by atoms with van der Waals surface area (Å²) in [6.07, 6.45) is 14.8. The molecule has 0 saturated heterocycles. The molecule has 38 heteroatoms. The second-order valence-corrected chi connectivity index (χ2v) is 36.1. The number of carboxylic acid groups (broad SMARTS) is 2. The Bertz CT molecular complexity index is 6160. The number of benzene rings is 2. The first-order chi connectivity index (χ1) is 58.7. The van der Waals surface area contributed by atoms with E-state index in [1.54, 1.807) is 115 Å². The summed E-state index contributed by atoms with van der Waals surface area (Å²) in [4.78, 5) is 71.6. The number of nitrogens with one attached hydrogen (secondary N) is 1. The number of hydrogen-bond acceptors (Lipinski definition) is 10. The molecule has 686 valence electrons. The number of aldehydes is 1. The van der Waals surface area contributed by atoms with E-state index in [-0.39, 0.29) is 73.1 Å². The van der Waals surface area contributed by atoms with Crippen LogP contribution in [0.1, 0.15) is 132 Å². The van der Waals surface area contributed by atoms with Crippen LogP contribution in [0.4, 0.5) is 0 Å². The Balaban J connectivity index is 0.000000303. The van der Waals surface area contributed by atoms with Crippen molar-refractivity contribution in [1.29, 1.82) is 0 Å². The first-order valence-corrected chi connectivity index (χ1v) is 44.1. The normalized spacial score (nSPS) is 11.5. The Hall–Kier alpha value is -6.54. The number of aromatic amines is 1. The Morgan fingerprint density at radius 2 is 0.913 bits per heavy atom. The van der Waals surface area contributed by atoms with E-state index in [1.165, 1.54) is 35.0 Å². The van der Waals surface area contributed by atoms with Gasteiger partial charge in [0.2, 0.25) is 0 Å². The summed E-state index contributed by atoms with van der Waals surface area (Å²) in [5, 5.41) is 33.0. The van der Waals surface area contributed by atoms with Crippen molar-refractivity contribution < 1.29 is 94.2 Å². The molecule has 21 nitrogen and oxygen atoms in total. The van der Waals surface area contributed by atoms with Gasteiger partial charge in [-0.1, -0.05) is 194 Å². The standard InChI is InChI=1S/C15H20N2O3.C13H17Cl2N2.C12H14Cl2N2.C12H11Cl2NO2.C10H9Cl2NO.C10H7Cl2NO.C8H7Cl2NO2.C6H4Cl2.C3H5ClO2.ClH.HI/c1-3-7-11(10-14(18)20-4-2)17-13-9-6-5-8-12(13)16-15(17)19;1-9-5-10(8-17(2,3)4)13-12(15)6-11(14)7-16(9)13;1-8-4-9(6-15(2)3)12-11(14)5-10(13)7-16(8)12;1-3-17-12(16)9-4-7(2)15-6-8(13)5-10(14)11(9)15;2*1-6-2-7(5-14)10-9(12)3-8(11)4-13(6)10;1-5(8(12)13)11-3-6(9)2-7(10)4-11;7-5-2-1-3-6(8)4-5;1-2(4)3(5)6;;/h5-6,8-9,11H,3-4,7,10H2,1-2H3,(H,16,19);5-7H,8H2,1-4H3;4-5,7H,6H2,1-3H3;4-6H,3H2,1-2H3;2-4,14H,5H2,1H3;2-5H,1H3;2-5H,1H3;1-4H;2H,1H3,(H,5,6);2*1H/q;+1;;;;;;;;;/p-1. The van der Waals surface area contributed by atoms with E-state index >= 15 is 0 Å². The molecule has 0 spiro atoms. The van der Waals surface area contributed by atoms with Crippen LogP contribution in [-0.2, 0) is 43.6 Å². The lowest BCUT2D eigenvalue weighted by atomic mass is 10.1. The maximum Gasteiger partial charge on any atom is 0.373 e. The molecule has 0 aliphatic heterocycles. The molecule has 0 radical (unpaired) electrons. The van der Waals surface area contributed by atoms with Crippen molar-refractivity contribution in [1.82, 2.24) is 36.5 Å². The predicted molar refractivity (Wildman–Crippen MR) is 513 cm³/mol. The van der Waals surface area contributed by atoms with Crippen LogP contribution < -0.4 is 46.6 Å². The molecular formula is C89H95Cl16IN10O11. The minimum Gasteiger partial charge on any atom is -1.00 e. The third kappa shape index (κ3) is 32.7. The molecule has 0 aliphatic carbocycles. The van der Waals surface area contributed by atoms with Crippen LogP contribution in [-0.4, -0.2) is 140 Å². The highest BCUT2D eigenvalue weighted by Crippen LogP contribution is 2.35. The van der Waals surface area contributed by atoms with Gasteiger partial charge in [0.05, 0.1) is 142 Å². The number of carboxylic acids is 2. The van der Waals surface area contributed by atoms with Gasteiger partial charge in [-0.2, -0.15) is 4.57 Å². The lowest BCUT2D eigenvalue weighted by molar-refractivity contribution is -0.883. The average Bonchev–Trinajstić information content (AvgIpc) is 1.65. The first-order valence-electron chi connectivity index (χ1n) is 38.4. The number of alkyl halides is 1. The van der Waals surface area contributed by atoms with Crippen molar-refractivity contribution in [2.75, 3.05) is 48.5 Å². The number of imidazole rings is 1. The van der Waals surface area contributed by atoms with Gasteiger partial charge in [-0.25, -0.2) is 14.4 Å². The highest BCUT2D eigenvalue weighted by molar-refractivity contribution is 6.40. The number of aromatic nitrogens is 8. The molecule has 4 N–H and O–H groups in total. The van der Waals surface area contributed by atoms with Crippen molar-refractivity contribution in [2.45, 2.75) is 126 Å². The zero-order valence-electron chi connectivity index (χ0n) is 71.5. The molecular weight excluding hydrogens is 2080 g/mol. The number of nitrogens with zero attached hydrogens (tertiary/aromatic N) is 9. The van der Waals surface area contributed by atoms with E-state index in [0.717, 1.165) is 98.3 Å². The summed E-state index contributed by atoms with van der Waals surface area (Å²) in [6, 6.07) is 33.6.